The molecule has 0 unspecified atom stereocenters. The smallest absolute Gasteiger partial charge is 0.266 e. The first kappa shape index (κ1) is 16.7. The monoisotopic (exact) mass is 431 g/mol. The molecule has 0 spiro atoms. The van der Waals surface area contributed by atoms with Gasteiger partial charge in [0, 0.05) is 15.5 Å². The number of hydrogen-bond donors (Lipinski definition) is 2. The van der Waals surface area contributed by atoms with E-state index in [0.717, 1.165) is 21.1 Å². The number of nitrogens with one attached hydrogen (secondary N) is 2. The van der Waals surface area contributed by atoms with Crippen molar-refractivity contribution in [2.45, 2.75) is 6.92 Å². The normalized spacial score (nSPS) is 11.0. The van der Waals surface area contributed by atoms with Crippen LogP contribution >= 0.6 is 22.6 Å². The summed E-state index contributed by atoms with van der Waals surface area (Å²) in [5.41, 5.74) is 2.47. The van der Waals surface area contributed by atoms with Crippen molar-refractivity contribution >= 4 is 49.9 Å². The van der Waals surface area contributed by atoms with Crippen LogP contribution in [0.1, 0.15) is 15.9 Å². The van der Waals surface area contributed by atoms with Crippen LogP contribution in [0.15, 0.2) is 36.7 Å². The van der Waals surface area contributed by atoms with E-state index in [2.05, 4.69) is 32.9 Å². The first-order valence-corrected chi connectivity index (χ1v) is 9.22. The lowest BCUT2D eigenvalue weighted by atomic mass is 10.1. The Bertz CT molecular complexity index is 822. The van der Waals surface area contributed by atoms with E-state index in [1.165, 1.54) is 18.5 Å². The lowest BCUT2D eigenvalue weighted by Crippen LogP contribution is -2.29. The molecule has 0 fully saturated rings. The van der Waals surface area contributed by atoms with Crippen LogP contribution in [0.3, 0.4) is 0 Å². The lowest BCUT2D eigenvalue weighted by molar-refractivity contribution is 0.0982. The lowest BCUT2D eigenvalue weighted by Gasteiger charge is -2.13. The number of anilines is 2. The molecular formula is C14H14IN3O3S. The molecule has 2 rings (SSSR count). The molecule has 1 aromatic heterocycles. The number of amides is 1. The summed E-state index contributed by atoms with van der Waals surface area (Å²) in [6.45, 7) is 1.94. The number of aromatic nitrogens is 1. The van der Waals surface area contributed by atoms with Gasteiger partial charge in [-0.1, -0.05) is 0 Å². The van der Waals surface area contributed by atoms with Gasteiger partial charge in [-0.25, -0.2) is 13.1 Å². The summed E-state index contributed by atoms with van der Waals surface area (Å²) in [5, 5.41) is 3.11. The molecule has 0 aliphatic carbocycles. The number of aryl methyl sites for hydroxylation is 1. The Morgan fingerprint density at radius 1 is 1.23 bits per heavy atom. The number of carbonyl (C=O) groups excluding carboxylic acids is 1. The molecular weight excluding hydrogens is 417 g/mol. The standard InChI is InChI=1S/C14H14IN3O3S/c1-9-7-10(15)3-4-12(9)17-13-8-16-6-5-11(13)14(19)18-22(2,20)21/h3-8,17H,1-2H3,(H,18,19). The van der Waals surface area contributed by atoms with Crippen LogP contribution in [0.2, 0.25) is 0 Å². The van der Waals surface area contributed by atoms with Gasteiger partial charge in [0.15, 0.2) is 0 Å². The van der Waals surface area contributed by atoms with E-state index < -0.39 is 15.9 Å². The third-order valence-electron chi connectivity index (χ3n) is 2.80. The molecule has 2 aromatic rings. The van der Waals surface area contributed by atoms with E-state index in [9.17, 15) is 13.2 Å². The molecule has 1 amide bonds. The maximum atomic E-state index is 12.1. The van der Waals surface area contributed by atoms with Gasteiger partial charge in [0.05, 0.1) is 23.7 Å². The Morgan fingerprint density at radius 3 is 2.59 bits per heavy atom. The van der Waals surface area contributed by atoms with Crippen molar-refractivity contribution in [1.29, 1.82) is 0 Å². The molecule has 0 radical (unpaired) electrons. The first-order valence-electron chi connectivity index (χ1n) is 6.25. The Hall–Kier alpha value is -1.68. The van der Waals surface area contributed by atoms with E-state index in [4.69, 9.17) is 0 Å². The minimum atomic E-state index is -3.62. The van der Waals surface area contributed by atoms with E-state index in [1.807, 2.05) is 29.8 Å². The minimum Gasteiger partial charge on any atom is -0.353 e. The summed E-state index contributed by atoms with van der Waals surface area (Å²) in [6, 6.07) is 7.28. The van der Waals surface area contributed by atoms with Crippen LogP contribution in [0.5, 0.6) is 0 Å². The average Bonchev–Trinajstić information content (AvgIpc) is 2.40. The van der Waals surface area contributed by atoms with Gasteiger partial charge in [-0.3, -0.25) is 9.78 Å². The summed E-state index contributed by atoms with van der Waals surface area (Å²) in [4.78, 5) is 16.0. The molecule has 2 N–H and O–H groups in total. The number of benzene rings is 1. The van der Waals surface area contributed by atoms with Gasteiger partial charge in [0.25, 0.3) is 5.91 Å². The van der Waals surface area contributed by atoms with Crippen LogP contribution < -0.4 is 10.0 Å². The number of pyridine rings is 1. The fraction of sp³-hybridized carbons (Fsp3) is 0.143. The van der Waals surface area contributed by atoms with Crippen molar-refractivity contribution in [2.75, 3.05) is 11.6 Å². The zero-order valence-corrected chi connectivity index (χ0v) is 14.9. The third-order valence-corrected chi connectivity index (χ3v) is 4.03. The molecule has 0 saturated carbocycles. The Kier molecular flexibility index (Phi) is 5.01. The number of sulfonamides is 1. The van der Waals surface area contributed by atoms with E-state index in [1.54, 1.807) is 0 Å². The number of carbonyl (C=O) groups is 1. The predicted molar refractivity (Wildman–Crippen MR) is 93.7 cm³/mol. The topological polar surface area (TPSA) is 88.2 Å². The van der Waals surface area contributed by atoms with Gasteiger partial charge in [-0.05, 0) is 59.3 Å². The molecule has 6 nitrogen and oxygen atoms in total. The second kappa shape index (κ2) is 6.61. The molecule has 0 atom stereocenters. The van der Waals surface area contributed by atoms with Crippen molar-refractivity contribution in [3.05, 3.63) is 51.4 Å². The van der Waals surface area contributed by atoms with Gasteiger partial charge < -0.3 is 5.32 Å². The number of hydrogen-bond acceptors (Lipinski definition) is 5. The Morgan fingerprint density at radius 2 is 1.95 bits per heavy atom. The Labute approximate surface area is 142 Å². The number of halogens is 1. The molecule has 116 valence electrons. The molecule has 0 aliphatic heterocycles. The van der Waals surface area contributed by atoms with Gasteiger partial charge >= 0.3 is 0 Å². The summed E-state index contributed by atoms with van der Waals surface area (Å²) in [5.74, 6) is -0.699. The molecule has 22 heavy (non-hydrogen) atoms. The highest BCUT2D eigenvalue weighted by Gasteiger charge is 2.15. The second-order valence-corrected chi connectivity index (χ2v) is 7.70. The van der Waals surface area contributed by atoms with Crippen LogP contribution in [0.25, 0.3) is 0 Å². The highest BCUT2D eigenvalue weighted by Crippen LogP contribution is 2.24. The third kappa shape index (κ3) is 4.41. The summed E-state index contributed by atoms with van der Waals surface area (Å²) in [7, 11) is -3.62. The quantitative estimate of drug-likeness (QED) is 0.727. The molecule has 1 heterocycles. The molecule has 0 bridgehead atoms. The highest BCUT2D eigenvalue weighted by molar-refractivity contribution is 14.1. The molecule has 0 saturated heterocycles. The average molecular weight is 431 g/mol. The van der Waals surface area contributed by atoms with Crippen molar-refractivity contribution in [2.24, 2.45) is 0 Å². The fourth-order valence-corrected chi connectivity index (χ4v) is 2.92. The van der Waals surface area contributed by atoms with Gasteiger partial charge in [0.1, 0.15) is 0 Å². The zero-order chi connectivity index (χ0) is 16.3. The molecule has 0 aliphatic rings. The van der Waals surface area contributed by atoms with Gasteiger partial charge in [-0.2, -0.15) is 0 Å². The van der Waals surface area contributed by atoms with Crippen LogP contribution in [0, 0.1) is 10.5 Å². The van der Waals surface area contributed by atoms with Crippen molar-refractivity contribution < 1.29 is 13.2 Å². The van der Waals surface area contributed by atoms with Crippen LogP contribution in [0.4, 0.5) is 11.4 Å². The molecule has 8 heteroatoms. The first-order chi connectivity index (χ1) is 10.3. The van der Waals surface area contributed by atoms with Gasteiger partial charge in [0.2, 0.25) is 10.0 Å². The SMILES string of the molecule is Cc1cc(I)ccc1Nc1cnccc1C(=O)NS(C)(=O)=O. The summed E-state index contributed by atoms with van der Waals surface area (Å²) < 4.78 is 25.5. The van der Waals surface area contributed by atoms with E-state index in [-0.39, 0.29) is 5.56 Å². The zero-order valence-electron chi connectivity index (χ0n) is 11.9. The van der Waals surface area contributed by atoms with Crippen LogP contribution in [-0.4, -0.2) is 25.6 Å². The summed E-state index contributed by atoms with van der Waals surface area (Å²) >= 11 is 2.21. The number of nitrogens with zero attached hydrogens (tertiary/aromatic N) is 1. The highest BCUT2D eigenvalue weighted by atomic mass is 127. The maximum absolute atomic E-state index is 12.1. The fourth-order valence-electron chi connectivity index (χ4n) is 1.83. The van der Waals surface area contributed by atoms with Crippen molar-refractivity contribution in [3.8, 4) is 0 Å². The number of rotatable bonds is 4. The van der Waals surface area contributed by atoms with E-state index >= 15 is 0 Å². The van der Waals surface area contributed by atoms with E-state index in [0.29, 0.717) is 5.69 Å². The largest absolute Gasteiger partial charge is 0.353 e. The predicted octanol–water partition coefficient (Wildman–Crippen LogP) is 2.43. The van der Waals surface area contributed by atoms with Crippen LogP contribution in [-0.2, 0) is 10.0 Å². The molecule has 1 aromatic carbocycles. The maximum Gasteiger partial charge on any atom is 0.266 e. The Balaban J connectivity index is 2.34. The minimum absolute atomic E-state index is 0.207. The second-order valence-electron chi connectivity index (χ2n) is 4.71. The van der Waals surface area contributed by atoms with Gasteiger partial charge in [-0.15, -0.1) is 0 Å². The van der Waals surface area contributed by atoms with Crippen molar-refractivity contribution in [1.82, 2.24) is 9.71 Å². The summed E-state index contributed by atoms with van der Waals surface area (Å²) in [6.07, 6.45) is 3.85. The van der Waals surface area contributed by atoms with Crippen molar-refractivity contribution in [3.63, 3.8) is 0 Å².